The van der Waals surface area contributed by atoms with Crippen molar-refractivity contribution in [3.8, 4) is 17.0 Å². The first-order valence-electron chi connectivity index (χ1n) is 9.68. The first kappa shape index (κ1) is 18.3. The second-order valence-corrected chi connectivity index (χ2v) is 7.27. The molecule has 3 aromatic rings. The summed E-state index contributed by atoms with van der Waals surface area (Å²) in [5.41, 5.74) is 5.46. The third-order valence-corrected chi connectivity index (χ3v) is 5.38. The Balaban J connectivity index is 1.42. The predicted molar refractivity (Wildman–Crippen MR) is 108 cm³/mol. The maximum Gasteiger partial charge on any atom is 0.303 e. The summed E-state index contributed by atoms with van der Waals surface area (Å²) < 4.78 is 8.04. The number of hydrogen-bond acceptors (Lipinski definition) is 3. The van der Waals surface area contributed by atoms with Crippen molar-refractivity contribution >= 4 is 5.97 Å². The SMILES string of the molecule is Cc1cc(-c2ccccc2)nn1CCOc1cccc2c1CCC2CC(=O)O. The maximum absolute atomic E-state index is 11.1. The number of rotatable bonds is 7. The molecule has 2 aromatic carbocycles. The van der Waals surface area contributed by atoms with E-state index in [1.807, 2.05) is 41.1 Å². The summed E-state index contributed by atoms with van der Waals surface area (Å²) in [5.74, 6) is 0.226. The highest BCUT2D eigenvalue weighted by molar-refractivity contribution is 5.68. The number of benzene rings is 2. The highest BCUT2D eigenvalue weighted by Crippen LogP contribution is 2.40. The minimum atomic E-state index is -0.743. The molecule has 28 heavy (non-hydrogen) atoms. The van der Waals surface area contributed by atoms with Crippen LogP contribution in [0.5, 0.6) is 5.75 Å². The van der Waals surface area contributed by atoms with Crippen molar-refractivity contribution in [1.82, 2.24) is 9.78 Å². The molecule has 0 saturated heterocycles. The molecule has 1 heterocycles. The Kier molecular flexibility index (Phi) is 5.15. The molecule has 0 bridgehead atoms. The Morgan fingerprint density at radius 2 is 2.04 bits per heavy atom. The highest BCUT2D eigenvalue weighted by Gasteiger charge is 2.26. The fourth-order valence-corrected chi connectivity index (χ4v) is 3.99. The minimum Gasteiger partial charge on any atom is -0.491 e. The van der Waals surface area contributed by atoms with E-state index in [0.717, 1.165) is 46.7 Å². The topological polar surface area (TPSA) is 64.4 Å². The zero-order valence-electron chi connectivity index (χ0n) is 16.0. The quantitative estimate of drug-likeness (QED) is 0.662. The Hall–Kier alpha value is -3.08. The summed E-state index contributed by atoms with van der Waals surface area (Å²) in [6, 6.07) is 18.2. The molecule has 0 amide bonds. The van der Waals surface area contributed by atoms with Crippen LogP contribution in [0.3, 0.4) is 0 Å². The van der Waals surface area contributed by atoms with Crippen LogP contribution in [0.2, 0.25) is 0 Å². The molecular formula is C23H24N2O3. The fraction of sp³-hybridized carbons (Fsp3) is 0.304. The summed E-state index contributed by atoms with van der Waals surface area (Å²) in [4.78, 5) is 11.1. The van der Waals surface area contributed by atoms with Crippen LogP contribution in [0.4, 0.5) is 0 Å². The minimum absolute atomic E-state index is 0.0952. The second kappa shape index (κ2) is 7.89. The summed E-state index contributed by atoms with van der Waals surface area (Å²) in [6.45, 7) is 3.24. The van der Waals surface area contributed by atoms with E-state index in [2.05, 4.69) is 25.1 Å². The number of aliphatic carboxylic acids is 1. The molecule has 1 unspecified atom stereocenters. The summed E-state index contributed by atoms with van der Waals surface area (Å²) in [7, 11) is 0. The normalized spacial score (nSPS) is 15.4. The largest absolute Gasteiger partial charge is 0.491 e. The molecular weight excluding hydrogens is 352 g/mol. The zero-order valence-corrected chi connectivity index (χ0v) is 16.0. The van der Waals surface area contributed by atoms with Gasteiger partial charge in [0, 0.05) is 11.3 Å². The molecule has 1 aliphatic rings. The van der Waals surface area contributed by atoms with Crippen LogP contribution >= 0.6 is 0 Å². The van der Waals surface area contributed by atoms with Gasteiger partial charge in [-0.2, -0.15) is 5.10 Å². The third-order valence-electron chi connectivity index (χ3n) is 5.38. The first-order valence-corrected chi connectivity index (χ1v) is 9.68. The number of carboxylic acid groups (broad SMARTS) is 1. The standard InChI is InChI=1S/C23H24N2O3/c1-16-14-21(17-6-3-2-4-7-17)24-25(16)12-13-28-22-9-5-8-19-18(15-23(26)27)10-11-20(19)22/h2-9,14,18H,10-13,15H2,1H3,(H,26,27). The summed E-state index contributed by atoms with van der Waals surface area (Å²) >= 11 is 0. The van der Waals surface area contributed by atoms with E-state index in [0.29, 0.717) is 13.2 Å². The van der Waals surface area contributed by atoms with Crippen LogP contribution in [0.1, 0.15) is 35.6 Å². The van der Waals surface area contributed by atoms with Crippen molar-refractivity contribution in [1.29, 1.82) is 0 Å². The van der Waals surface area contributed by atoms with Gasteiger partial charge in [-0.15, -0.1) is 0 Å². The third kappa shape index (κ3) is 3.79. The lowest BCUT2D eigenvalue weighted by molar-refractivity contribution is -0.137. The van der Waals surface area contributed by atoms with E-state index < -0.39 is 5.97 Å². The molecule has 1 aromatic heterocycles. The molecule has 0 saturated carbocycles. The van der Waals surface area contributed by atoms with Gasteiger partial charge in [-0.05, 0) is 48.9 Å². The van der Waals surface area contributed by atoms with Crippen molar-refractivity contribution in [3.63, 3.8) is 0 Å². The number of hydrogen-bond donors (Lipinski definition) is 1. The lowest BCUT2D eigenvalue weighted by atomic mass is 9.98. The Bertz CT molecular complexity index is 979. The van der Waals surface area contributed by atoms with Crippen LogP contribution in [0.15, 0.2) is 54.6 Å². The van der Waals surface area contributed by atoms with E-state index in [1.165, 1.54) is 0 Å². The molecule has 0 radical (unpaired) electrons. The van der Waals surface area contributed by atoms with Gasteiger partial charge in [0.1, 0.15) is 12.4 Å². The lowest BCUT2D eigenvalue weighted by Crippen LogP contribution is -2.11. The second-order valence-electron chi connectivity index (χ2n) is 7.27. The van der Waals surface area contributed by atoms with Crippen molar-refractivity contribution in [2.45, 2.75) is 38.6 Å². The Labute approximate surface area is 164 Å². The number of aromatic nitrogens is 2. The van der Waals surface area contributed by atoms with Gasteiger partial charge >= 0.3 is 5.97 Å². The molecule has 1 N–H and O–H groups in total. The van der Waals surface area contributed by atoms with Gasteiger partial charge in [0.15, 0.2) is 0 Å². The van der Waals surface area contributed by atoms with E-state index in [1.54, 1.807) is 0 Å². The van der Waals surface area contributed by atoms with E-state index in [9.17, 15) is 4.79 Å². The van der Waals surface area contributed by atoms with Crippen LogP contribution in [-0.2, 0) is 17.8 Å². The number of nitrogens with zero attached hydrogens (tertiary/aromatic N) is 2. The monoisotopic (exact) mass is 376 g/mol. The molecule has 4 rings (SSSR count). The molecule has 1 atom stereocenters. The van der Waals surface area contributed by atoms with Gasteiger partial charge in [-0.3, -0.25) is 9.48 Å². The maximum atomic E-state index is 11.1. The van der Waals surface area contributed by atoms with Crippen molar-refractivity contribution in [2.75, 3.05) is 6.61 Å². The van der Waals surface area contributed by atoms with Crippen LogP contribution in [-0.4, -0.2) is 27.5 Å². The van der Waals surface area contributed by atoms with E-state index in [4.69, 9.17) is 14.9 Å². The van der Waals surface area contributed by atoms with Gasteiger partial charge in [0.2, 0.25) is 0 Å². The highest BCUT2D eigenvalue weighted by atomic mass is 16.5. The average molecular weight is 376 g/mol. The van der Waals surface area contributed by atoms with Gasteiger partial charge < -0.3 is 9.84 Å². The number of ether oxygens (including phenoxy) is 1. The molecule has 0 aliphatic heterocycles. The molecule has 5 heteroatoms. The Morgan fingerprint density at radius 1 is 1.21 bits per heavy atom. The van der Waals surface area contributed by atoms with Gasteiger partial charge in [0.25, 0.3) is 0 Å². The Morgan fingerprint density at radius 3 is 2.82 bits per heavy atom. The smallest absolute Gasteiger partial charge is 0.303 e. The van der Waals surface area contributed by atoms with Crippen LogP contribution < -0.4 is 4.74 Å². The first-order chi connectivity index (χ1) is 13.6. The summed E-state index contributed by atoms with van der Waals surface area (Å²) in [5, 5.41) is 13.8. The molecule has 0 spiro atoms. The predicted octanol–water partition coefficient (Wildman–Crippen LogP) is 4.44. The number of fused-ring (bicyclic) bond motifs is 1. The van der Waals surface area contributed by atoms with Crippen LogP contribution in [0.25, 0.3) is 11.3 Å². The van der Waals surface area contributed by atoms with E-state index in [-0.39, 0.29) is 12.3 Å². The number of carboxylic acids is 1. The van der Waals surface area contributed by atoms with Gasteiger partial charge in [0.05, 0.1) is 18.7 Å². The van der Waals surface area contributed by atoms with Gasteiger partial charge in [-0.1, -0.05) is 42.5 Å². The summed E-state index contributed by atoms with van der Waals surface area (Å²) in [6.07, 6.45) is 1.94. The lowest BCUT2D eigenvalue weighted by Gasteiger charge is -2.13. The van der Waals surface area contributed by atoms with Crippen molar-refractivity contribution in [2.24, 2.45) is 0 Å². The van der Waals surface area contributed by atoms with Gasteiger partial charge in [-0.25, -0.2) is 0 Å². The number of aryl methyl sites for hydroxylation is 1. The average Bonchev–Trinajstić information content (AvgIpc) is 3.27. The molecule has 0 fully saturated rings. The van der Waals surface area contributed by atoms with Crippen molar-refractivity contribution in [3.05, 3.63) is 71.4 Å². The molecule has 144 valence electrons. The molecule has 1 aliphatic carbocycles. The number of carbonyl (C=O) groups is 1. The van der Waals surface area contributed by atoms with Crippen LogP contribution in [0, 0.1) is 6.92 Å². The molecule has 5 nitrogen and oxygen atoms in total. The fourth-order valence-electron chi connectivity index (χ4n) is 3.99. The van der Waals surface area contributed by atoms with E-state index >= 15 is 0 Å². The zero-order chi connectivity index (χ0) is 19.5. The van der Waals surface area contributed by atoms with Crippen molar-refractivity contribution < 1.29 is 14.6 Å².